The van der Waals surface area contributed by atoms with E-state index in [1.165, 1.54) is 12.1 Å². The third kappa shape index (κ3) is 3.34. The standard InChI is InChI=1S/C14H10BrClF3N/c15-8-4-11(18)14(12(19)5-8)13(20)3-7-1-2-9(17)6-10(7)16/h1-2,4-6,13H,3,20H2. The lowest BCUT2D eigenvalue weighted by Gasteiger charge is -2.15. The van der Waals surface area contributed by atoms with Crippen molar-refractivity contribution in [2.24, 2.45) is 5.73 Å². The second-order valence-corrected chi connectivity index (χ2v) is 5.65. The third-order valence-corrected chi connectivity index (χ3v) is 3.68. The molecule has 2 N–H and O–H groups in total. The van der Waals surface area contributed by atoms with Crippen molar-refractivity contribution < 1.29 is 13.2 Å². The molecule has 0 bridgehead atoms. The SMILES string of the molecule is NC(Cc1ccc(F)cc1Cl)c1c(F)cc(Br)cc1F. The summed E-state index contributed by atoms with van der Waals surface area (Å²) >= 11 is 8.87. The van der Waals surface area contributed by atoms with Gasteiger partial charge in [0.05, 0.1) is 0 Å². The van der Waals surface area contributed by atoms with Crippen LogP contribution in [-0.2, 0) is 6.42 Å². The fraction of sp³-hybridized carbons (Fsp3) is 0.143. The van der Waals surface area contributed by atoms with E-state index in [1.807, 2.05) is 0 Å². The van der Waals surface area contributed by atoms with Crippen LogP contribution in [0.5, 0.6) is 0 Å². The first-order valence-corrected chi connectivity index (χ1v) is 6.89. The molecule has 1 nitrogen and oxygen atoms in total. The molecule has 0 aliphatic carbocycles. The van der Waals surface area contributed by atoms with Gasteiger partial charge in [0.1, 0.15) is 17.5 Å². The van der Waals surface area contributed by atoms with Crippen LogP contribution < -0.4 is 5.73 Å². The Morgan fingerprint density at radius 1 is 1.10 bits per heavy atom. The molecule has 106 valence electrons. The summed E-state index contributed by atoms with van der Waals surface area (Å²) in [4.78, 5) is 0. The molecule has 0 heterocycles. The first kappa shape index (κ1) is 15.4. The maximum Gasteiger partial charge on any atom is 0.132 e. The highest BCUT2D eigenvalue weighted by molar-refractivity contribution is 9.10. The van der Waals surface area contributed by atoms with E-state index in [0.717, 1.165) is 18.2 Å². The van der Waals surface area contributed by atoms with Gasteiger partial charge in [-0.25, -0.2) is 13.2 Å². The highest BCUT2D eigenvalue weighted by Gasteiger charge is 2.19. The smallest absolute Gasteiger partial charge is 0.132 e. The zero-order chi connectivity index (χ0) is 14.9. The molecule has 2 rings (SSSR count). The average molecular weight is 365 g/mol. The molecule has 6 heteroatoms. The zero-order valence-corrected chi connectivity index (χ0v) is 12.5. The predicted molar refractivity (Wildman–Crippen MR) is 76.1 cm³/mol. The van der Waals surface area contributed by atoms with Crippen LogP contribution in [0.1, 0.15) is 17.2 Å². The van der Waals surface area contributed by atoms with Gasteiger partial charge in [-0.2, -0.15) is 0 Å². The van der Waals surface area contributed by atoms with E-state index in [2.05, 4.69) is 15.9 Å². The summed E-state index contributed by atoms with van der Waals surface area (Å²) in [7, 11) is 0. The maximum absolute atomic E-state index is 13.8. The van der Waals surface area contributed by atoms with Crippen LogP contribution in [0.4, 0.5) is 13.2 Å². The first-order chi connectivity index (χ1) is 9.38. The van der Waals surface area contributed by atoms with Crippen molar-refractivity contribution in [3.63, 3.8) is 0 Å². The van der Waals surface area contributed by atoms with Crippen molar-refractivity contribution in [3.05, 3.63) is 68.4 Å². The van der Waals surface area contributed by atoms with Crippen LogP contribution in [-0.4, -0.2) is 0 Å². The van der Waals surface area contributed by atoms with Gasteiger partial charge in [-0.15, -0.1) is 0 Å². The molecule has 0 aliphatic heterocycles. The molecular weight excluding hydrogens is 355 g/mol. The van der Waals surface area contributed by atoms with E-state index in [9.17, 15) is 13.2 Å². The molecule has 20 heavy (non-hydrogen) atoms. The summed E-state index contributed by atoms with van der Waals surface area (Å²) in [5.74, 6) is -1.95. The summed E-state index contributed by atoms with van der Waals surface area (Å²) in [6.07, 6.45) is 0.106. The second-order valence-electron chi connectivity index (χ2n) is 4.33. The van der Waals surface area contributed by atoms with Gasteiger partial charge in [-0.05, 0) is 36.2 Å². The van der Waals surface area contributed by atoms with Crippen molar-refractivity contribution >= 4 is 27.5 Å². The van der Waals surface area contributed by atoms with Crippen molar-refractivity contribution in [1.82, 2.24) is 0 Å². The second kappa shape index (κ2) is 6.16. The number of hydrogen-bond donors (Lipinski definition) is 1. The van der Waals surface area contributed by atoms with E-state index in [4.69, 9.17) is 17.3 Å². The number of halogens is 5. The van der Waals surface area contributed by atoms with Gasteiger partial charge in [0.15, 0.2) is 0 Å². The Bertz CT molecular complexity index is 625. The number of nitrogens with two attached hydrogens (primary N) is 1. The topological polar surface area (TPSA) is 26.0 Å². The molecule has 0 radical (unpaired) electrons. The molecule has 0 aromatic heterocycles. The number of hydrogen-bond acceptors (Lipinski definition) is 1. The normalized spacial score (nSPS) is 12.5. The van der Waals surface area contributed by atoms with E-state index in [0.29, 0.717) is 10.0 Å². The Morgan fingerprint density at radius 2 is 1.70 bits per heavy atom. The lowest BCUT2D eigenvalue weighted by Crippen LogP contribution is -2.17. The molecule has 1 unspecified atom stereocenters. The van der Waals surface area contributed by atoms with Gasteiger partial charge < -0.3 is 5.73 Å². The molecule has 0 aliphatic rings. The van der Waals surface area contributed by atoms with E-state index >= 15 is 0 Å². The van der Waals surface area contributed by atoms with E-state index in [-0.39, 0.29) is 17.0 Å². The van der Waals surface area contributed by atoms with Gasteiger partial charge in [0.2, 0.25) is 0 Å². The van der Waals surface area contributed by atoms with Crippen LogP contribution in [0.3, 0.4) is 0 Å². The Labute approximate surface area is 127 Å². The van der Waals surface area contributed by atoms with Gasteiger partial charge in [-0.3, -0.25) is 0 Å². The van der Waals surface area contributed by atoms with Crippen molar-refractivity contribution in [1.29, 1.82) is 0 Å². The number of benzene rings is 2. The Kier molecular flexibility index (Phi) is 4.73. The predicted octanol–water partition coefficient (Wildman–Crippen LogP) is 4.76. The molecule has 2 aromatic rings. The molecule has 2 aromatic carbocycles. The van der Waals surface area contributed by atoms with Gasteiger partial charge >= 0.3 is 0 Å². The van der Waals surface area contributed by atoms with E-state index < -0.39 is 23.5 Å². The quantitative estimate of drug-likeness (QED) is 0.835. The lowest BCUT2D eigenvalue weighted by atomic mass is 9.98. The minimum atomic E-state index is -0.911. The summed E-state index contributed by atoms with van der Waals surface area (Å²) in [6, 6.07) is 5.19. The highest BCUT2D eigenvalue weighted by Crippen LogP contribution is 2.28. The van der Waals surface area contributed by atoms with Gasteiger partial charge in [0, 0.05) is 21.1 Å². The Balaban J connectivity index is 2.31. The molecule has 0 saturated carbocycles. The lowest BCUT2D eigenvalue weighted by molar-refractivity contribution is 0.523. The fourth-order valence-electron chi connectivity index (χ4n) is 1.93. The molecule has 1 atom stereocenters. The van der Waals surface area contributed by atoms with Crippen molar-refractivity contribution in [3.8, 4) is 0 Å². The zero-order valence-electron chi connectivity index (χ0n) is 10.1. The van der Waals surface area contributed by atoms with Crippen LogP contribution in [0.25, 0.3) is 0 Å². The van der Waals surface area contributed by atoms with Crippen LogP contribution in [0.15, 0.2) is 34.8 Å². The minimum absolute atomic E-state index is 0.106. The molecule has 0 spiro atoms. The first-order valence-electron chi connectivity index (χ1n) is 5.72. The summed E-state index contributed by atoms with van der Waals surface area (Å²) < 4.78 is 40.8. The number of rotatable bonds is 3. The molecular formula is C14H10BrClF3N. The monoisotopic (exact) mass is 363 g/mol. The molecule has 0 amide bonds. The fourth-order valence-corrected chi connectivity index (χ4v) is 2.58. The van der Waals surface area contributed by atoms with Crippen molar-refractivity contribution in [2.45, 2.75) is 12.5 Å². The highest BCUT2D eigenvalue weighted by atomic mass is 79.9. The van der Waals surface area contributed by atoms with E-state index in [1.54, 1.807) is 0 Å². The average Bonchev–Trinajstić information content (AvgIpc) is 2.31. The Hall–Kier alpha value is -1.04. The van der Waals surface area contributed by atoms with Crippen LogP contribution in [0, 0.1) is 17.5 Å². The third-order valence-electron chi connectivity index (χ3n) is 2.87. The summed E-state index contributed by atoms with van der Waals surface area (Å²) in [5.41, 5.74) is 6.15. The maximum atomic E-state index is 13.8. The Morgan fingerprint density at radius 3 is 2.25 bits per heavy atom. The molecule has 0 fully saturated rings. The molecule has 0 saturated heterocycles. The van der Waals surface area contributed by atoms with Crippen LogP contribution >= 0.6 is 27.5 Å². The van der Waals surface area contributed by atoms with Crippen molar-refractivity contribution in [2.75, 3.05) is 0 Å². The largest absolute Gasteiger partial charge is 0.323 e. The summed E-state index contributed by atoms with van der Waals surface area (Å²) in [6.45, 7) is 0. The van der Waals surface area contributed by atoms with Crippen LogP contribution in [0.2, 0.25) is 5.02 Å². The minimum Gasteiger partial charge on any atom is -0.323 e. The van der Waals surface area contributed by atoms with Gasteiger partial charge in [-0.1, -0.05) is 33.6 Å². The summed E-state index contributed by atoms with van der Waals surface area (Å²) in [5, 5.41) is 0.179. The van der Waals surface area contributed by atoms with Gasteiger partial charge in [0.25, 0.3) is 0 Å².